The molecule has 1 aromatic rings. The number of rotatable bonds is 3. The second-order valence-electron chi connectivity index (χ2n) is 6.25. The van der Waals surface area contributed by atoms with Gasteiger partial charge in [0.15, 0.2) is 0 Å². The Kier molecular flexibility index (Phi) is 4.38. The summed E-state index contributed by atoms with van der Waals surface area (Å²) in [5.74, 6) is 1.15. The topological polar surface area (TPSA) is 49.0 Å². The number of fused-ring (bicyclic) bond motifs is 1. The lowest BCUT2D eigenvalue weighted by molar-refractivity contribution is -0.131. The minimum Gasteiger partial charge on any atom is -0.348 e. The summed E-state index contributed by atoms with van der Waals surface area (Å²) in [5.41, 5.74) is 2.36. The summed E-state index contributed by atoms with van der Waals surface area (Å²) in [6, 6.07) is 0. The van der Waals surface area contributed by atoms with Gasteiger partial charge in [0.1, 0.15) is 0 Å². The Morgan fingerprint density at radius 2 is 2.05 bits per heavy atom. The van der Waals surface area contributed by atoms with Crippen molar-refractivity contribution in [3.8, 4) is 0 Å². The van der Waals surface area contributed by atoms with Crippen LogP contribution in [0.3, 0.4) is 0 Å². The predicted octanol–water partition coefficient (Wildman–Crippen LogP) is 2.70. The van der Waals surface area contributed by atoms with Crippen molar-refractivity contribution < 1.29 is 4.79 Å². The Morgan fingerprint density at radius 1 is 1.25 bits per heavy atom. The van der Waals surface area contributed by atoms with Crippen LogP contribution < -0.4 is 0 Å². The van der Waals surface area contributed by atoms with Crippen LogP contribution in [-0.4, -0.2) is 33.9 Å². The number of carbonyl (C=O) groups excluding carboxylic acids is 1. The number of aromatic amines is 1. The maximum atomic E-state index is 12.4. The lowest BCUT2D eigenvalue weighted by Gasteiger charge is -2.24. The lowest BCUT2D eigenvalue weighted by atomic mass is 9.86. The molecule has 0 bridgehead atoms. The summed E-state index contributed by atoms with van der Waals surface area (Å²) in [4.78, 5) is 21.9. The quantitative estimate of drug-likeness (QED) is 0.922. The first-order valence-electron chi connectivity index (χ1n) is 8.12. The number of nitrogens with one attached hydrogen (secondary N) is 1. The van der Waals surface area contributed by atoms with Gasteiger partial charge in [-0.1, -0.05) is 32.1 Å². The van der Waals surface area contributed by atoms with Crippen molar-refractivity contribution in [3.05, 3.63) is 17.7 Å². The molecule has 110 valence electrons. The maximum Gasteiger partial charge on any atom is 0.222 e. The zero-order chi connectivity index (χ0) is 13.8. The van der Waals surface area contributed by atoms with Crippen LogP contribution >= 0.6 is 0 Å². The van der Waals surface area contributed by atoms with E-state index in [0.29, 0.717) is 5.91 Å². The molecule has 1 fully saturated rings. The summed E-state index contributed by atoms with van der Waals surface area (Å²) < 4.78 is 0. The highest BCUT2D eigenvalue weighted by Crippen LogP contribution is 2.27. The number of imidazole rings is 1. The van der Waals surface area contributed by atoms with Gasteiger partial charge in [-0.3, -0.25) is 4.79 Å². The standard InChI is InChI=1S/C16H25N3O/c20-16(7-6-13-4-2-1-3-5-13)19-10-8-14-15(9-11-19)18-12-17-14/h12-13H,1-11H2,(H,17,18). The van der Waals surface area contributed by atoms with Crippen LogP contribution in [0.5, 0.6) is 0 Å². The molecule has 4 nitrogen and oxygen atoms in total. The average molecular weight is 275 g/mol. The molecule has 1 saturated carbocycles. The van der Waals surface area contributed by atoms with E-state index in [1.165, 1.54) is 37.8 Å². The number of nitrogens with zero attached hydrogens (tertiary/aromatic N) is 2. The Bertz CT molecular complexity index is 426. The molecule has 2 heterocycles. The molecule has 0 saturated heterocycles. The number of amides is 1. The van der Waals surface area contributed by atoms with Gasteiger partial charge in [0, 0.05) is 38.0 Å². The summed E-state index contributed by atoms with van der Waals surface area (Å²) in [7, 11) is 0. The molecule has 2 aliphatic rings. The van der Waals surface area contributed by atoms with E-state index in [4.69, 9.17) is 0 Å². The van der Waals surface area contributed by atoms with Gasteiger partial charge >= 0.3 is 0 Å². The van der Waals surface area contributed by atoms with Crippen molar-refractivity contribution in [2.75, 3.05) is 13.1 Å². The van der Waals surface area contributed by atoms with E-state index < -0.39 is 0 Å². The summed E-state index contributed by atoms with van der Waals surface area (Å²) in [5, 5.41) is 0. The fourth-order valence-electron chi connectivity index (χ4n) is 3.59. The van der Waals surface area contributed by atoms with Crippen LogP contribution in [0, 0.1) is 5.92 Å². The molecule has 0 radical (unpaired) electrons. The molecule has 3 rings (SSSR count). The van der Waals surface area contributed by atoms with E-state index in [0.717, 1.165) is 50.4 Å². The molecule has 0 spiro atoms. The third kappa shape index (κ3) is 3.22. The number of H-pyrrole nitrogens is 1. The highest BCUT2D eigenvalue weighted by atomic mass is 16.2. The molecule has 20 heavy (non-hydrogen) atoms. The van der Waals surface area contributed by atoms with Crippen LogP contribution in [0.1, 0.15) is 56.3 Å². The van der Waals surface area contributed by atoms with Crippen molar-refractivity contribution in [1.29, 1.82) is 0 Å². The highest BCUT2D eigenvalue weighted by molar-refractivity contribution is 5.76. The first kappa shape index (κ1) is 13.7. The molecule has 1 aliphatic heterocycles. The minimum absolute atomic E-state index is 0.348. The van der Waals surface area contributed by atoms with E-state index in [9.17, 15) is 4.79 Å². The van der Waals surface area contributed by atoms with Crippen molar-refractivity contribution in [2.45, 2.75) is 57.8 Å². The number of hydrogen-bond acceptors (Lipinski definition) is 2. The van der Waals surface area contributed by atoms with Crippen LogP contribution in [0.2, 0.25) is 0 Å². The summed E-state index contributed by atoms with van der Waals surface area (Å²) in [6.07, 6.45) is 12.2. The van der Waals surface area contributed by atoms with E-state index >= 15 is 0 Å². The van der Waals surface area contributed by atoms with E-state index in [-0.39, 0.29) is 0 Å². The normalized spacial score (nSPS) is 20.5. The number of hydrogen-bond donors (Lipinski definition) is 1. The van der Waals surface area contributed by atoms with Crippen molar-refractivity contribution in [1.82, 2.24) is 14.9 Å². The Balaban J connectivity index is 1.46. The molecule has 0 aromatic carbocycles. The molecular weight excluding hydrogens is 250 g/mol. The van der Waals surface area contributed by atoms with Crippen LogP contribution in [-0.2, 0) is 17.6 Å². The monoisotopic (exact) mass is 275 g/mol. The summed E-state index contributed by atoms with van der Waals surface area (Å²) in [6.45, 7) is 1.68. The maximum absolute atomic E-state index is 12.4. The van der Waals surface area contributed by atoms with E-state index in [2.05, 4.69) is 9.97 Å². The van der Waals surface area contributed by atoms with Crippen molar-refractivity contribution in [3.63, 3.8) is 0 Å². The lowest BCUT2D eigenvalue weighted by Crippen LogP contribution is -2.33. The van der Waals surface area contributed by atoms with E-state index in [1.807, 2.05) is 4.90 Å². The van der Waals surface area contributed by atoms with Crippen LogP contribution in [0.15, 0.2) is 6.33 Å². The predicted molar refractivity (Wildman–Crippen MR) is 78.4 cm³/mol. The first-order valence-corrected chi connectivity index (χ1v) is 8.12. The van der Waals surface area contributed by atoms with Gasteiger partial charge in [-0.05, 0) is 12.3 Å². The van der Waals surface area contributed by atoms with Gasteiger partial charge in [-0.2, -0.15) is 0 Å². The zero-order valence-electron chi connectivity index (χ0n) is 12.2. The van der Waals surface area contributed by atoms with Crippen molar-refractivity contribution in [2.24, 2.45) is 5.92 Å². The second-order valence-corrected chi connectivity index (χ2v) is 6.25. The molecule has 0 atom stereocenters. The minimum atomic E-state index is 0.348. The van der Waals surface area contributed by atoms with Gasteiger partial charge in [-0.15, -0.1) is 0 Å². The summed E-state index contributed by atoms with van der Waals surface area (Å²) >= 11 is 0. The fraction of sp³-hybridized carbons (Fsp3) is 0.750. The molecule has 4 heteroatoms. The van der Waals surface area contributed by atoms with Crippen LogP contribution in [0.25, 0.3) is 0 Å². The van der Waals surface area contributed by atoms with E-state index in [1.54, 1.807) is 6.33 Å². The SMILES string of the molecule is O=C(CCC1CCCCC1)N1CCc2nc[nH]c2CC1. The van der Waals surface area contributed by atoms with Gasteiger partial charge < -0.3 is 9.88 Å². The molecule has 1 amide bonds. The molecule has 0 unspecified atom stereocenters. The smallest absolute Gasteiger partial charge is 0.222 e. The largest absolute Gasteiger partial charge is 0.348 e. The highest BCUT2D eigenvalue weighted by Gasteiger charge is 2.21. The van der Waals surface area contributed by atoms with Gasteiger partial charge in [-0.25, -0.2) is 4.98 Å². The molecule has 1 aromatic heterocycles. The third-order valence-corrected chi connectivity index (χ3v) is 4.90. The zero-order valence-corrected chi connectivity index (χ0v) is 12.2. The first-order chi connectivity index (χ1) is 9.83. The van der Waals surface area contributed by atoms with Gasteiger partial charge in [0.25, 0.3) is 0 Å². The average Bonchev–Trinajstić information content (AvgIpc) is 2.84. The van der Waals surface area contributed by atoms with Gasteiger partial charge in [0.05, 0.1) is 12.0 Å². The molecule has 1 N–H and O–H groups in total. The Morgan fingerprint density at radius 3 is 2.90 bits per heavy atom. The number of carbonyl (C=O) groups is 1. The second kappa shape index (κ2) is 6.42. The van der Waals surface area contributed by atoms with Crippen LogP contribution in [0.4, 0.5) is 0 Å². The Labute approximate surface area is 121 Å². The Hall–Kier alpha value is -1.32. The number of aromatic nitrogens is 2. The van der Waals surface area contributed by atoms with Gasteiger partial charge in [0.2, 0.25) is 5.91 Å². The molecule has 1 aliphatic carbocycles. The fourth-order valence-corrected chi connectivity index (χ4v) is 3.59. The molecular formula is C16H25N3O. The van der Waals surface area contributed by atoms with Crippen molar-refractivity contribution >= 4 is 5.91 Å². The third-order valence-electron chi connectivity index (χ3n) is 4.90.